The average molecular weight is 456 g/mol. The van der Waals surface area contributed by atoms with Crippen LogP contribution < -0.4 is 4.90 Å². The van der Waals surface area contributed by atoms with Crippen molar-refractivity contribution >= 4 is 56.7 Å². The zero-order valence-corrected chi connectivity index (χ0v) is 18.4. The fourth-order valence-corrected chi connectivity index (χ4v) is 7.28. The third-order valence-corrected chi connectivity index (χ3v) is 8.91. The maximum Gasteiger partial charge on any atom is 0.238 e. The lowest BCUT2D eigenvalue weighted by molar-refractivity contribution is -0.132. The van der Waals surface area contributed by atoms with Crippen LogP contribution in [0.1, 0.15) is 6.42 Å². The summed E-state index contributed by atoms with van der Waals surface area (Å²) >= 11 is 2.92. The number of amides is 3. The Morgan fingerprint density at radius 3 is 2.55 bits per heavy atom. The van der Waals surface area contributed by atoms with Crippen molar-refractivity contribution in [1.29, 1.82) is 0 Å². The van der Waals surface area contributed by atoms with Crippen molar-refractivity contribution < 1.29 is 19.1 Å². The zero-order chi connectivity index (χ0) is 21.1. The molecule has 2 saturated heterocycles. The quantitative estimate of drug-likeness (QED) is 0.401. The number of aromatic nitrogens is 1. The van der Waals surface area contributed by atoms with Crippen LogP contribution in [0.2, 0.25) is 0 Å². The van der Waals surface area contributed by atoms with Crippen molar-refractivity contribution in [2.45, 2.75) is 10.8 Å². The van der Waals surface area contributed by atoms with Gasteiger partial charge in [0.1, 0.15) is 0 Å². The van der Waals surface area contributed by atoms with E-state index < -0.39 is 0 Å². The van der Waals surface area contributed by atoms with Crippen molar-refractivity contribution in [1.82, 2.24) is 9.88 Å². The van der Waals surface area contributed by atoms with Crippen LogP contribution in [0.15, 0.2) is 34.7 Å². The number of imide groups is 1. The third-order valence-electron chi connectivity index (χ3n) is 6.76. The Balaban J connectivity index is 1.19. The van der Waals surface area contributed by atoms with Crippen molar-refractivity contribution in [3.05, 3.63) is 30.4 Å². The number of hydrogen-bond acceptors (Lipinski definition) is 7. The van der Waals surface area contributed by atoms with Gasteiger partial charge in [0.15, 0.2) is 4.34 Å². The number of hydrogen-bond donors (Lipinski definition) is 0. The molecule has 3 amide bonds. The molecule has 3 fully saturated rings. The monoisotopic (exact) mass is 455 g/mol. The molecule has 7 nitrogen and oxygen atoms in total. The van der Waals surface area contributed by atoms with Gasteiger partial charge in [-0.05, 0) is 36.5 Å². The number of nitrogens with zero attached hydrogens (tertiary/aromatic N) is 3. The summed E-state index contributed by atoms with van der Waals surface area (Å²) in [5, 5.41) is 0. The van der Waals surface area contributed by atoms with Crippen LogP contribution >= 0.6 is 23.1 Å². The van der Waals surface area contributed by atoms with Gasteiger partial charge in [0.05, 0.1) is 46.7 Å². The first-order valence-corrected chi connectivity index (χ1v) is 12.4. The van der Waals surface area contributed by atoms with Gasteiger partial charge in [-0.25, -0.2) is 9.88 Å². The van der Waals surface area contributed by atoms with E-state index in [1.165, 1.54) is 28.0 Å². The van der Waals surface area contributed by atoms with Crippen LogP contribution in [0.5, 0.6) is 0 Å². The Morgan fingerprint density at radius 2 is 1.84 bits per heavy atom. The van der Waals surface area contributed by atoms with Crippen LogP contribution in [0.4, 0.5) is 5.69 Å². The Kier molecular flexibility index (Phi) is 4.66. The van der Waals surface area contributed by atoms with E-state index in [2.05, 4.69) is 17.1 Å². The maximum atomic E-state index is 13.1. The molecule has 2 aliphatic heterocycles. The molecule has 31 heavy (non-hydrogen) atoms. The summed E-state index contributed by atoms with van der Waals surface area (Å²) in [6.45, 7) is 2.46. The van der Waals surface area contributed by atoms with Gasteiger partial charge in [0, 0.05) is 13.1 Å². The van der Waals surface area contributed by atoms with E-state index in [9.17, 15) is 14.4 Å². The number of carbonyl (C=O) groups excluding carboxylic acids is 3. The number of carbonyl (C=O) groups is 3. The van der Waals surface area contributed by atoms with E-state index in [-0.39, 0.29) is 41.4 Å². The molecular formula is C22H21N3O4S2. The third kappa shape index (κ3) is 3.13. The van der Waals surface area contributed by atoms with Crippen molar-refractivity contribution in [2.24, 2.45) is 23.7 Å². The molecule has 0 radical (unpaired) electrons. The first-order chi connectivity index (χ1) is 15.1. The van der Waals surface area contributed by atoms with Crippen LogP contribution in [-0.2, 0) is 19.1 Å². The number of fused-ring (bicyclic) bond motifs is 6. The van der Waals surface area contributed by atoms with Gasteiger partial charge in [-0.3, -0.25) is 14.4 Å². The molecule has 0 spiro atoms. The molecule has 2 bridgehead atoms. The van der Waals surface area contributed by atoms with E-state index in [0.717, 1.165) is 21.0 Å². The predicted molar refractivity (Wildman–Crippen MR) is 118 cm³/mol. The molecule has 160 valence electrons. The van der Waals surface area contributed by atoms with Gasteiger partial charge < -0.3 is 9.64 Å². The van der Waals surface area contributed by atoms with E-state index in [1.807, 2.05) is 23.1 Å². The van der Waals surface area contributed by atoms with Crippen molar-refractivity contribution in [2.75, 3.05) is 37.0 Å². The summed E-state index contributed by atoms with van der Waals surface area (Å²) < 4.78 is 7.02. The van der Waals surface area contributed by atoms with E-state index in [1.54, 1.807) is 0 Å². The van der Waals surface area contributed by atoms with Gasteiger partial charge in [-0.15, -0.1) is 11.3 Å². The zero-order valence-electron chi connectivity index (χ0n) is 16.7. The Labute approximate surface area is 187 Å². The first kappa shape index (κ1) is 19.5. The standard InChI is InChI=1S/C22H21N3O4S2/c26-17(24-5-7-29-8-6-24)11-30-22-23-15-4-3-14(10-16(15)31-22)25-20(27)18-12-1-2-13(9-12)19(18)21(25)28/h1-4,10,12-13,18-19H,5-9,11H2/t12-,13-,18+,19+/m0/s1. The fourth-order valence-electron chi connectivity index (χ4n) is 5.28. The summed E-state index contributed by atoms with van der Waals surface area (Å²) in [4.78, 5) is 46.3. The number of ether oxygens (including phenoxy) is 1. The number of allylic oxidation sites excluding steroid dienone is 2. The molecule has 1 saturated carbocycles. The largest absolute Gasteiger partial charge is 0.378 e. The predicted octanol–water partition coefficient (Wildman–Crippen LogP) is 2.56. The highest BCUT2D eigenvalue weighted by Gasteiger charge is 2.59. The maximum absolute atomic E-state index is 13.1. The van der Waals surface area contributed by atoms with Gasteiger partial charge in [0.2, 0.25) is 17.7 Å². The Morgan fingerprint density at radius 1 is 1.13 bits per heavy atom. The number of rotatable bonds is 4. The highest BCUT2D eigenvalue weighted by Crippen LogP contribution is 2.53. The van der Waals surface area contributed by atoms with Gasteiger partial charge in [0.25, 0.3) is 0 Å². The minimum atomic E-state index is -0.197. The van der Waals surface area contributed by atoms with E-state index >= 15 is 0 Å². The second kappa shape index (κ2) is 7.43. The Bertz CT molecular complexity index is 1090. The van der Waals surface area contributed by atoms with Crippen LogP contribution in [0, 0.1) is 23.7 Å². The summed E-state index contributed by atoms with van der Waals surface area (Å²) in [5.74, 6) is 0.314. The number of morpholine rings is 1. The molecule has 3 heterocycles. The number of thiazole rings is 1. The molecule has 1 aromatic heterocycles. The van der Waals surface area contributed by atoms with E-state index in [0.29, 0.717) is 37.7 Å². The number of anilines is 1. The molecule has 0 N–H and O–H groups in total. The second-order valence-electron chi connectivity index (χ2n) is 8.43. The molecule has 4 aliphatic rings. The van der Waals surface area contributed by atoms with Crippen molar-refractivity contribution in [3.63, 3.8) is 0 Å². The molecule has 0 unspecified atom stereocenters. The topological polar surface area (TPSA) is 79.8 Å². The van der Waals surface area contributed by atoms with Crippen LogP contribution in [0.25, 0.3) is 10.2 Å². The molecule has 1 aromatic carbocycles. The summed E-state index contributed by atoms with van der Waals surface area (Å²) in [5.41, 5.74) is 1.44. The second-order valence-corrected chi connectivity index (χ2v) is 10.7. The number of thioether (sulfide) groups is 1. The van der Waals surface area contributed by atoms with Gasteiger partial charge >= 0.3 is 0 Å². The normalized spacial score (nSPS) is 29.4. The number of benzene rings is 1. The highest BCUT2D eigenvalue weighted by atomic mass is 32.2. The summed E-state index contributed by atoms with van der Waals surface area (Å²) in [6.07, 6.45) is 5.14. The first-order valence-electron chi connectivity index (χ1n) is 10.6. The van der Waals surface area contributed by atoms with Crippen LogP contribution in [-0.4, -0.2) is 59.7 Å². The molecule has 2 aliphatic carbocycles. The molecule has 4 atom stereocenters. The average Bonchev–Trinajstić information content (AvgIpc) is 3.55. The lowest BCUT2D eigenvalue weighted by Gasteiger charge is -2.26. The Hall–Kier alpha value is -2.23. The minimum absolute atomic E-state index is 0.0681. The van der Waals surface area contributed by atoms with Crippen LogP contribution in [0.3, 0.4) is 0 Å². The molecule has 2 aromatic rings. The molecule has 6 rings (SSSR count). The van der Waals surface area contributed by atoms with Gasteiger partial charge in [-0.2, -0.15) is 0 Å². The highest BCUT2D eigenvalue weighted by molar-refractivity contribution is 8.01. The van der Waals surface area contributed by atoms with E-state index in [4.69, 9.17) is 4.74 Å². The van der Waals surface area contributed by atoms with Gasteiger partial charge in [-0.1, -0.05) is 23.9 Å². The SMILES string of the molecule is O=C(CSc1nc2ccc(N3C(=O)[C@H]4[C@H](C3=O)[C@H]3C=C[C@H]4C3)cc2s1)N1CCOCC1. The molecule has 9 heteroatoms. The lowest BCUT2D eigenvalue weighted by atomic mass is 9.85. The summed E-state index contributed by atoms with van der Waals surface area (Å²) in [7, 11) is 0. The minimum Gasteiger partial charge on any atom is -0.378 e. The summed E-state index contributed by atoms with van der Waals surface area (Å²) in [6, 6.07) is 5.55. The molecular weight excluding hydrogens is 434 g/mol. The fraction of sp³-hybridized carbons (Fsp3) is 0.455. The van der Waals surface area contributed by atoms with Crippen molar-refractivity contribution in [3.8, 4) is 0 Å². The smallest absolute Gasteiger partial charge is 0.238 e. The lowest BCUT2D eigenvalue weighted by Crippen LogP contribution is -2.41.